The number of tetrazole rings is 1. The highest BCUT2D eigenvalue weighted by Gasteiger charge is 2.22. The molecule has 0 bridgehead atoms. The molecule has 4 rings (SSSR count). The minimum Gasteiger partial charge on any atom is -0.493 e. The summed E-state index contributed by atoms with van der Waals surface area (Å²) in [7, 11) is 3.08. The molecule has 1 aliphatic carbocycles. The van der Waals surface area contributed by atoms with Crippen molar-refractivity contribution in [2.24, 2.45) is 0 Å². The van der Waals surface area contributed by atoms with Crippen molar-refractivity contribution in [3.63, 3.8) is 0 Å². The molecular weight excluding hydrogens is 479 g/mol. The van der Waals surface area contributed by atoms with Gasteiger partial charge in [0.05, 0.1) is 20.8 Å². The van der Waals surface area contributed by atoms with Crippen LogP contribution in [0.3, 0.4) is 0 Å². The van der Waals surface area contributed by atoms with E-state index >= 15 is 0 Å². The molecule has 0 unspecified atom stereocenters. The molecule has 1 fully saturated rings. The molecule has 1 heterocycles. The summed E-state index contributed by atoms with van der Waals surface area (Å²) < 4.78 is 24.0. The van der Waals surface area contributed by atoms with E-state index in [0.717, 1.165) is 25.7 Å². The number of hydrogen-bond donors (Lipinski definition) is 1. The van der Waals surface area contributed by atoms with Gasteiger partial charge in [-0.3, -0.25) is 9.59 Å². The van der Waals surface area contributed by atoms with Crippen LogP contribution in [0.5, 0.6) is 11.5 Å². The monoisotopic (exact) mass is 510 g/mol. The minimum absolute atomic E-state index is 0.121. The van der Waals surface area contributed by atoms with Crippen LogP contribution in [0.2, 0.25) is 0 Å². The molecule has 1 aromatic heterocycles. The molecule has 196 valence electrons. The number of benzene rings is 2. The Balaban J connectivity index is 1.46. The van der Waals surface area contributed by atoms with Crippen LogP contribution in [0.1, 0.15) is 37.7 Å². The van der Waals surface area contributed by atoms with Crippen molar-refractivity contribution in [2.45, 2.75) is 51.2 Å². The lowest BCUT2D eigenvalue weighted by molar-refractivity contribution is -0.137. The third kappa shape index (κ3) is 7.02. The molecule has 11 heteroatoms. The maximum Gasteiger partial charge on any atom is 0.247 e. The predicted octanol–water partition coefficient (Wildman–Crippen LogP) is 2.97. The van der Waals surface area contributed by atoms with Crippen molar-refractivity contribution in [2.75, 3.05) is 20.8 Å². The zero-order valence-corrected chi connectivity index (χ0v) is 21.0. The van der Waals surface area contributed by atoms with Gasteiger partial charge in [-0.05, 0) is 54.0 Å². The van der Waals surface area contributed by atoms with Crippen LogP contribution in [0.4, 0.5) is 4.39 Å². The number of ether oxygens (including phenoxy) is 2. The van der Waals surface area contributed by atoms with Crippen LogP contribution in [-0.2, 0) is 22.7 Å². The Morgan fingerprint density at radius 2 is 1.78 bits per heavy atom. The van der Waals surface area contributed by atoms with Crippen LogP contribution >= 0.6 is 0 Å². The molecule has 0 spiro atoms. The highest BCUT2D eigenvalue weighted by Crippen LogP contribution is 2.30. The first kappa shape index (κ1) is 26.1. The Hall–Kier alpha value is -4.02. The summed E-state index contributed by atoms with van der Waals surface area (Å²) in [5.74, 6) is 0.443. The molecule has 2 aromatic carbocycles. The van der Waals surface area contributed by atoms with Crippen LogP contribution in [0, 0.1) is 5.82 Å². The number of carbonyl (C=O) groups excluding carboxylic acids is 2. The first-order valence-electron chi connectivity index (χ1n) is 12.3. The van der Waals surface area contributed by atoms with E-state index in [1.807, 2.05) is 0 Å². The third-order valence-corrected chi connectivity index (χ3v) is 6.32. The first-order valence-corrected chi connectivity index (χ1v) is 12.3. The molecule has 0 saturated heterocycles. The first-order chi connectivity index (χ1) is 17.9. The molecule has 0 radical (unpaired) electrons. The lowest BCUT2D eigenvalue weighted by Gasteiger charge is -2.26. The molecule has 1 aliphatic rings. The number of nitrogens with one attached hydrogen (secondary N) is 1. The van der Waals surface area contributed by atoms with Crippen LogP contribution in [0.25, 0.3) is 11.4 Å². The molecule has 3 aromatic rings. The van der Waals surface area contributed by atoms with Gasteiger partial charge in [-0.25, -0.2) is 4.39 Å². The van der Waals surface area contributed by atoms with Crippen molar-refractivity contribution in [1.82, 2.24) is 30.4 Å². The van der Waals surface area contributed by atoms with Gasteiger partial charge in [0.2, 0.25) is 17.6 Å². The fourth-order valence-electron chi connectivity index (χ4n) is 4.36. The summed E-state index contributed by atoms with van der Waals surface area (Å²) in [6, 6.07) is 11.2. The number of rotatable bonds is 10. The lowest BCUT2D eigenvalue weighted by atomic mass is 9.95. The Kier molecular flexibility index (Phi) is 8.65. The second-order valence-electron chi connectivity index (χ2n) is 8.99. The third-order valence-electron chi connectivity index (χ3n) is 6.32. The second kappa shape index (κ2) is 12.3. The van der Waals surface area contributed by atoms with Gasteiger partial charge in [0.15, 0.2) is 11.5 Å². The Morgan fingerprint density at radius 1 is 1.05 bits per heavy atom. The van der Waals surface area contributed by atoms with Gasteiger partial charge in [-0.2, -0.15) is 4.80 Å². The molecule has 0 aliphatic heterocycles. The van der Waals surface area contributed by atoms with Crippen LogP contribution in [-0.4, -0.2) is 63.7 Å². The summed E-state index contributed by atoms with van der Waals surface area (Å²) in [6.45, 7) is -0.184. The van der Waals surface area contributed by atoms with Gasteiger partial charge in [0.1, 0.15) is 12.4 Å². The highest BCUT2D eigenvalue weighted by atomic mass is 19.1. The number of carbonyl (C=O) groups is 2. The van der Waals surface area contributed by atoms with E-state index in [2.05, 4.69) is 20.7 Å². The maximum atomic E-state index is 13.4. The average Bonchev–Trinajstić information content (AvgIpc) is 3.38. The molecule has 2 amide bonds. The number of hydrogen-bond acceptors (Lipinski definition) is 7. The smallest absolute Gasteiger partial charge is 0.247 e. The molecule has 10 nitrogen and oxygen atoms in total. The van der Waals surface area contributed by atoms with Crippen molar-refractivity contribution in [1.29, 1.82) is 0 Å². The number of nitrogens with zero attached hydrogens (tertiary/aromatic N) is 5. The summed E-state index contributed by atoms with van der Waals surface area (Å²) in [5, 5.41) is 15.4. The molecule has 0 atom stereocenters. The average molecular weight is 511 g/mol. The molecule has 1 N–H and O–H groups in total. The zero-order chi connectivity index (χ0) is 26.2. The predicted molar refractivity (Wildman–Crippen MR) is 133 cm³/mol. The lowest BCUT2D eigenvalue weighted by Crippen LogP contribution is -2.45. The summed E-state index contributed by atoms with van der Waals surface area (Å²) in [4.78, 5) is 28.6. The van der Waals surface area contributed by atoms with E-state index < -0.39 is 0 Å². The summed E-state index contributed by atoms with van der Waals surface area (Å²) in [6.07, 6.45) is 5.24. The Labute approximate surface area is 214 Å². The fourth-order valence-corrected chi connectivity index (χ4v) is 4.36. The SMILES string of the molecule is COc1ccc(-c2nnn(CC(=O)N(CC(=O)NC3CCCCC3)Cc3ccc(F)cc3)n2)cc1OC. The summed E-state index contributed by atoms with van der Waals surface area (Å²) >= 11 is 0. The minimum atomic E-state index is -0.369. The number of halogens is 1. The van der Waals surface area contributed by atoms with Gasteiger partial charge in [0, 0.05) is 18.2 Å². The van der Waals surface area contributed by atoms with Gasteiger partial charge in [-0.15, -0.1) is 10.2 Å². The topological polar surface area (TPSA) is 111 Å². The molecule has 1 saturated carbocycles. The van der Waals surface area contributed by atoms with Gasteiger partial charge in [-0.1, -0.05) is 31.4 Å². The Bertz CT molecular complexity index is 1210. The molecule has 37 heavy (non-hydrogen) atoms. The van der Waals surface area contributed by atoms with Gasteiger partial charge < -0.3 is 19.7 Å². The van der Waals surface area contributed by atoms with Gasteiger partial charge >= 0.3 is 0 Å². The number of aromatic nitrogens is 4. The zero-order valence-electron chi connectivity index (χ0n) is 21.0. The number of methoxy groups -OCH3 is 2. The van der Waals surface area contributed by atoms with E-state index in [4.69, 9.17) is 9.47 Å². The van der Waals surface area contributed by atoms with Crippen molar-refractivity contribution < 1.29 is 23.5 Å². The van der Waals surface area contributed by atoms with Crippen molar-refractivity contribution in [3.05, 3.63) is 53.8 Å². The quantitative estimate of drug-likeness (QED) is 0.446. The largest absolute Gasteiger partial charge is 0.493 e. The van der Waals surface area contributed by atoms with Crippen molar-refractivity contribution in [3.8, 4) is 22.9 Å². The highest BCUT2D eigenvalue weighted by molar-refractivity contribution is 5.84. The van der Waals surface area contributed by atoms with E-state index in [1.165, 1.54) is 35.4 Å². The van der Waals surface area contributed by atoms with E-state index in [-0.39, 0.29) is 43.3 Å². The van der Waals surface area contributed by atoms with E-state index in [0.29, 0.717) is 28.5 Å². The maximum absolute atomic E-state index is 13.4. The summed E-state index contributed by atoms with van der Waals surface area (Å²) in [5.41, 5.74) is 1.35. The normalized spacial score (nSPS) is 13.7. The van der Waals surface area contributed by atoms with E-state index in [9.17, 15) is 14.0 Å². The number of amides is 2. The fraction of sp³-hybridized carbons (Fsp3) is 0.423. The van der Waals surface area contributed by atoms with E-state index in [1.54, 1.807) is 37.4 Å². The Morgan fingerprint density at radius 3 is 2.49 bits per heavy atom. The van der Waals surface area contributed by atoms with Crippen LogP contribution in [0.15, 0.2) is 42.5 Å². The molecular formula is C26H31FN6O4. The van der Waals surface area contributed by atoms with Gasteiger partial charge in [0.25, 0.3) is 0 Å². The standard InChI is InChI=1S/C26H31FN6O4/c1-36-22-13-10-19(14-23(22)37-2)26-29-31-33(30-26)17-25(35)32(15-18-8-11-20(27)12-9-18)16-24(34)28-21-6-4-3-5-7-21/h8-14,21H,3-7,15-17H2,1-2H3,(H,28,34). The van der Waals surface area contributed by atoms with Crippen molar-refractivity contribution >= 4 is 11.8 Å². The second-order valence-corrected chi connectivity index (χ2v) is 8.99. The van der Waals surface area contributed by atoms with Crippen LogP contribution < -0.4 is 14.8 Å².